The highest BCUT2D eigenvalue weighted by Crippen LogP contribution is 2.45. The van der Waals surface area contributed by atoms with Gasteiger partial charge in [0.05, 0.1) is 24.0 Å². The lowest BCUT2D eigenvalue weighted by atomic mass is 9.82. The van der Waals surface area contributed by atoms with Crippen molar-refractivity contribution in [3.8, 4) is 22.8 Å². The summed E-state index contributed by atoms with van der Waals surface area (Å²) in [5.41, 5.74) is 12.9. The van der Waals surface area contributed by atoms with Crippen molar-refractivity contribution < 1.29 is 24.2 Å². The van der Waals surface area contributed by atoms with E-state index in [1.807, 2.05) is 31.2 Å². The summed E-state index contributed by atoms with van der Waals surface area (Å²) < 4.78 is 12.0. The summed E-state index contributed by atoms with van der Waals surface area (Å²) in [6, 6.07) is 12.6. The van der Waals surface area contributed by atoms with E-state index in [1.54, 1.807) is 32.0 Å². The number of fused-ring (bicyclic) bond motifs is 2. The van der Waals surface area contributed by atoms with Crippen molar-refractivity contribution in [1.29, 1.82) is 0 Å². The van der Waals surface area contributed by atoms with Crippen LogP contribution in [0.15, 0.2) is 42.5 Å². The topological polar surface area (TPSA) is 163 Å². The van der Waals surface area contributed by atoms with Crippen molar-refractivity contribution in [3.05, 3.63) is 64.8 Å². The highest BCUT2D eigenvalue weighted by molar-refractivity contribution is 7.22. The molecule has 0 aliphatic carbocycles. The van der Waals surface area contributed by atoms with Gasteiger partial charge in [0.2, 0.25) is 5.91 Å². The molecule has 4 aromatic rings. The van der Waals surface area contributed by atoms with Gasteiger partial charge >= 0.3 is 0 Å². The Kier molecular flexibility index (Phi) is 6.44. The number of amides is 2. The van der Waals surface area contributed by atoms with Gasteiger partial charge in [-0.1, -0.05) is 41.2 Å². The minimum atomic E-state index is -1.60. The second-order valence-electron chi connectivity index (χ2n) is 10.1. The standard InChI is InChI=1S/C28H29N5O5S/c1-14-5-7-15(8-6-14)21-23-17(27(2,13-38-23)25(29)35)11-20(32-21)28(3,36)12-31-24(34)16-9-18(37-4)22-19(10-16)39-26(30)33-22/h5-11,36H,12-13H2,1-4H3,(H2,29,35)(H2,30,33)(H,31,34)/t27-,28-/m0/s1. The van der Waals surface area contributed by atoms with Gasteiger partial charge in [-0.25, -0.2) is 9.97 Å². The summed E-state index contributed by atoms with van der Waals surface area (Å²) in [4.78, 5) is 34.5. The fourth-order valence-electron chi connectivity index (χ4n) is 4.52. The largest absolute Gasteiger partial charge is 0.494 e. The molecule has 2 aromatic carbocycles. The number of hydrogen-bond acceptors (Lipinski definition) is 9. The van der Waals surface area contributed by atoms with Crippen LogP contribution in [0.3, 0.4) is 0 Å². The predicted molar refractivity (Wildman–Crippen MR) is 149 cm³/mol. The summed E-state index contributed by atoms with van der Waals surface area (Å²) in [5, 5.41) is 14.7. The molecule has 202 valence electrons. The summed E-state index contributed by atoms with van der Waals surface area (Å²) in [5.74, 6) is -0.0963. The molecule has 0 saturated carbocycles. The van der Waals surface area contributed by atoms with Gasteiger partial charge in [-0.3, -0.25) is 9.59 Å². The zero-order valence-corrected chi connectivity index (χ0v) is 22.8. The molecule has 0 fully saturated rings. The third-order valence-corrected chi connectivity index (χ3v) is 7.88. The molecule has 2 amide bonds. The lowest BCUT2D eigenvalue weighted by Gasteiger charge is -2.26. The Balaban J connectivity index is 1.49. The zero-order valence-electron chi connectivity index (χ0n) is 22.0. The van der Waals surface area contributed by atoms with Crippen molar-refractivity contribution in [1.82, 2.24) is 15.3 Å². The fraction of sp³-hybridized carbons (Fsp3) is 0.286. The maximum atomic E-state index is 13.1. The van der Waals surface area contributed by atoms with Gasteiger partial charge in [-0.2, -0.15) is 0 Å². The number of methoxy groups -OCH3 is 1. The van der Waals surface area contributed by atoms with Gasteiger partial charge in [0.25, 0.3) is 5.91 Å². The van der Waals surface area contributed by atoms with Gasteiger partial charge in [-0.05, 0) is 39.0 Å². The third kappa shape index (κ3) is 4.64. The smallest absolute Gasteiger partial charge is 0.251 e. The number of ether oxygens (including phenoxy) is 2. The molecule has 10 nitrogen and oxygen atoms in total. The Labute approximate surface area is 229 Å². The van der Waals surface area contributed by atoms with Crippen LogP contribution in [0.1, 0.15) is 41.0 Å². The SMILES string of the molecule is COc1cc(C(=O)NC[C@](C)(O)c2cc3c(c(-c4ccc(C)cc4)n2)OC[C@]3(C)C(N)=O)cc2sc(N)nc12. The second-order valence-corrected chi connectivity index (χ2v) is 11.2. The number of nitrogens with two attached hydrogens (primary N) is 2. The molecule has 1 aliphatic heterocycles. The molecule has 0 saturated heterocycles. The van der Waals surface area contributed by atoms with Crippen LogP contribution >= 0.6 is 11.3 Å². The molecule has 0 radical (unpaired) electrons. The lowest BCUT2D eigenvalue weighted by Crippen LogP contribution is -2.41. The normalized spacial score (nSPS) is 17.8. The average Bonchev–Trinajstić information content (AvgIpc) is 3.46. The molecule has 3 heterocycles. The number of rotatable bonds is 7. The van der Waals surface area contributed by atoms with Crippen LogP contribution in [-0.4, -0.2) is 47.2 Å². The van der Waals surface area contributed by atoms with Gasteiger partial charge in [0.1, 0.15) is 40.3 Å². The molecular formula is C28H29N5O5S. The van der Waals surface area contributed by atoms with Crippen LogP contribution in [0.5, 0.6) is 11.5 Å². The van der Waals surface area contributed by atoms with Crippen LogP contribution in [-0.2, 0) is 15.8 Å². The number of primary amides is 1. The first-order valence-electron chi connectivity index (χ1n) is 12.2. The van der Waals surface area contributed by atoms with E-state index in [4.69, 9.17) is 25.9 Å². The molecule has 39 heavy (non-hydrogen) atoms. The Hall–Kier alpha value is -4.22. The number of aryl methyl sites for hydroxylation is 1. The number of anilines is 1. The molecular weight excluding hydrogens is 518 g/mol. The van der Waals surface area contributed by atoms with Crippen molar-refractivity contribution in [2.75, 3.05) is 26.0 Å². The Bertz CT molecular complexity index is 1620. The Morgan fingerprint density at radius 3 is 2.62 bits per heavy atom. The van der Waals surface area contributed by atoms with E-state index >= 15 is 0 Å². The van der Waals surface area contributed by atoms with Crippen LogP contribution in [0.25, 0.3) is 21.5 Å². The van der Waals surface area contributed by atoms with Crippen LogP contribution < -0.4 is 26.3 Å². The quantitative estimate of drug-likeness (QED) is 0.274. The Morgan fingerprint density at radius 2 is 1.95 bits per heavy atom. The number of aromatic nitrogens is 2. The molecule has 0 bridgehead atoms. The third-order valence-electron chi connectivity index (χ3n) is 7.05. The molecule has 6 N–H and O–H groups in total. The van der Waals surface area contributed by atoms with Crippen LogP contribution in [0.4, 0.5) is 5.13 Å². The van der Waals surface area contributed by atoms with E-state index < -0.39 is 22.8 Å². The molecule has 2 aromatic heterocycles. The number of carbonyl (C=O) groups is 2. The minimum absolute atomic E-state index is 0.0624. The van der Waals surface area contributed by atoms with E-state index in [-0.39, 0.29) is 18.8 Å². The number of nitrogens with zero attached hydrogens (tertiary/aromatic N) is 2. The van der Waals surface area contributed by atoms with E-state index in [0.29, 0.717) is 43.7 Å². The second kappa shape index (κ2) is 9.51. The zero-order chi connectivity index (χ0) is 28.1. The molecule has 2 atom stereocenters. The number of benzene rings is 2. The predicted octanol–water partition coefficient (Wildman–Crippen LogP) is 3.03. The summed E-state index contributed by atoms with van der Waals surface area (Å²) in [6.07, 6.45) is 0. The highest BCUT2D eigenvalue weighted by Gasteiger charge is 2.45. The summed E-state index contributed by atoms with van der Waals surface area (Å²) in [6.45, 7) is 5.13. The maximum absolute atomic E-state index is 13.1. The number of nitrogen functional groups attached to an aromatic ring is 1. The molecule has 0 unspecified atom stereocenters. The van der Waals surface area contributed by atoms with Crippen molar-refractivity contribution >= 4 is 38.5 Å². The van der Waals surface area contributed by atoms with Gasteiger partial charge < -0.3 is 31.4 Å². The molecule has 11 heteroatoms. The van der Waals surface area contributed by atoms with Crippen LogP contribution in [0.2, 0.25) is 0 Å². The monoisotopic (exact) mass is 547 g/mol. The first kappa shape index (κ1) is 26.4. The van der Waals surface area contributed by atoms with Gasteiger partial charge in [0.15, 0.2) is 5.13 Å². The van der Waals surface area contributed by atoms with E-state index in [9.17, 15) is 14.7 Å². The summed E-state index contributed by atoms with van der Waals surface area (Å²) >= 11 is 1.25. The van der Waals surface area contributed by atoms with Crippen molar-refractivity contribution in [3.63, 3.8) is 0 Å². The van der Waals surface area contributed by atoms with Crippen LogP contribution in [0, 0.1) is 6.92 Å². The minimum Gasteiger partial charge on any atom is -0.494 e. The number of pyridine rings is 1. The van der Waals surface area contributed by atoms with Gasteiger partial charge in [-0.15, -0.1) is 0 Å². The molecule has 0 spiro atoms. The number of carbonyl (C=O) groups excluding carboxylic acids is 2. The molecule has 1 aliphatic rings. The first-order chi connectivity index (χ1) is 18.4. The highest BCUT2D eigenvalue weighted by atomic mass is 32.1. The van der Waals surface area contributed by atoms with E-state index in [0.717, 1.165) is 11.1 Å². The number of aliphatic hydroxyl groups is 1. The maximum Gasteiger partial charge on any atom is 0.251 e. The first-order valence-corrected chi connectivity index (χ1v) is 13.0. The fourth-order valence-corrected chi connectivity index (χ4v) is 5.31. The average molecular weight is 548 g/mol. The number of hydrogen-bond donors (Lipinski definition) is 4. The van der Waals surface area contributed by atoms with Gasteiger partial charge in [0, 0.05) is 16.7 Å². The lowest BCUT2D eigenvalue weighted by molar-refractivity contribution is -0.123. The number of thiazole rings is 1. The van der Waals surface area contributed by atoms with Crippen molar-refractivity contribution in [2.45, 2.75) is 31.8 Å². The van der Waals surface area contributed by atoms with E-state index in [1.165, 1.54) is 18.4 Å². The summed E-state index contributed by atoms with van der Waals surface area (Å²) in [7, 11) is 1.49. The molecule has 5 rings (SSSR count). The number of nitrogens with one attached hydrogen (secondary N) is 1. The Morgan fingerprint density at radius 1 is 1.23 bits per heavy atom. The van der Waals surface area contributed by atoms with Crippen molar-refractivity contribution in [2.24, 2.45) is 5.73 Å². The van der Waals surface area contributed by atoms with E-state index in [2.05, 4.69) is 10.3 Å².